The highest BCUT2D eigenvalue weighted by Crippen LogP contribution is 2.26. The smallest absolute Gasteiger partial charge is 0.140 e. The average Bonchev–Trinajstić information content (AvgIpc) is 2.92. The maximum Gasteiger partial charge on any atom is 0.140 e. The van der Waals surface area contributed by atoms with E-state index in [4.69, 9.17) is 0 Å². The van der Waals surface area contributed by atoms with Gasteiger partial charge in [-0.2, -0.15) is 0 Å². The first-order chi connectivity index (χ1) is 11.0. The quantitative estimate of drug-likeness (QED) is 0.603. The van der Waals surface area contributed by atoms with Crippen molar-refractivity contribution in [2.45, 2.75) is 47.1 Å². The number of pyridine rings is 1. The Balaban J connectivity index is 0.00000127. The third kappa shape index (κ3) is 4.92. The summed E-state index contributed by atoms with van der Waals surface area (Å²) in [6, 6.07) is 4.06. The molecule has 0 radical (unpaired) electrons. The number of nitrogens with zero attached hydrogens (tertiary/aromatic N) is 2. The highest BCUT2D eigenvalue weighted by molar-refractivity contribution is 5.81. The Hall–Kier alpha value is -2.16. The fourth-order valence-corrected chi connectivity index (χ4v) is 2.36. The van der Waals surface area contributed by atoms with Crippen molar-refractivity contribution < 1.29 is 4.39 Å². The van der Waals surface area contributed by atoms with E-state index in [9.17, 15) is 4.39 Å². The van der Waals surface area contributed by atoms with E-state index in [1.54, 1.807) is 12.3 Å². The van der Waals surface area contributed by atoms with Gasteiger partial charge in [-0.25, -0.2) is 9.37 Å². The van der Waals surface area contributed by atoms with Gasteiger partial charge in [0.25, 0.3) is 0 Å². The summed E-state index contributed by atoms with van der Waals surface area (Å²) in [6.07, 6.45) is 9.06. The third-order valence-corrected chi connectivity index (χ3v) is 3.49. The van der Waals surface area contributed by atoms with Gasteiger partial charge in [-0.1, -0.05) is 46.4 Å². The third-order valence-electron chi connectivity index (χ3n) is 3.49. The van der Waals surface area contributed by atoms with E-state index in [0.29, 0.717) is 12.5 Å². The van der Waals surface area contributed by atoms with Gasteiger partial charge in [0.1, 0.15) is 11.5 Å². The van der Waals surface area contributed by atoms with Gasteiger partial charge >= 0.3 is 0 Å². The number of hydrogen-bond acceptors (Lipinski definition) is 1. The van der Waals surface area contributed by atoms with E-state index in [1.165, 1.54) is 17.0 Å². The molecule has 0 aliphatic carbocycles. The number of allylic oxidation sites excluding steroid dienone is 5. The van der Waals surface area contributed by atoms with Crippen LogP contribution in [-0.2, 0) is 6.54 Å². The van der Waals surface area contributed by atoms with Crippen LogP contribution < -0.4 is 0 Å². The highest BCUT2D eigenvalue weighted by Gasteiger charge is 2.12. The second-order valence-electron chi connectivity index (χ2n) is 5.39. The Morgan fingerprint density at radius 2 is 2.04 bits per heavy atom. The topological polar surface area (TPSA) is 17.8 Å². The van der Waals surface area contributed by atoms with Crippen molar-refractivity contribution in [2.75, 3.05) is 0 Å². The second kappa shape index (κ2) is 9.09. The number of fused-ring (bicyclic) bond motifs is 1. The second-order valence-corrected chi connectivity index (χ2v) is 5.39. The number of halogens is 1. The van der Waals surface area contributed by atoms with Gasteiger partial charge in [-0.15, -0.1) is 0 Å². The van der Waals surface area contributed by atoms with Crippen LogP contribution in [0.2, 0.25) is 0 Å². The molecule has 0 aliphatic rings. The van der Waals surface area contributed by atoms with Crippen LogP contribution in [0.1, 0.15) is 46.1 Å². The first-order valence-corrected chi connectivity index (χ1v) is 8.14. The number of hydrogen-bond donors (Lipinski definition) is 0. The maximum absolute atomic E-state index is 12.8. The van der Waals surface area contributed by atoms with Crippen molar-refractivity contribution in [3.63, 3.8) is 0 Å². The van der Waals surface area contributed by atoms with Crippen LogP contribution in [0.3, 0.4) is 0 Å². The lowest BCUT2D eigenvalue weighted by Gasteiger charge is -2.05. The van der Waals surface area contributed by atoms with Gasteiger partial charge in [0.05, 0.1) is 0 Å². The molecular weight excluding hydrogens is 287 g/mol. The molecule has 2 rings (SSSR count). The molecule has 0 saturated heterocycles. The van der Waals surface area contributed by atoms with Gasteiger partial charge in [0, 0.05) is 24.3 Å². The van der Waals surface area contributed by atoms with Crippen LogP contribution in [0.5, 0.6) is 0 Å². The summed E-state index contributed by atoms with van der Waals surface area (Å²) < 4.78 is 14.9. The van der Waals surface area contributed by atoms with Crippen LogP contribution in [0.15, 0.2) is 60.7 Å². The van der Waals surface area contributed by atoms with Crippen LogP contribution in [0.4, 0.5) is 4.39 Å². The molecule has 0 aliphatic heterocycles. The molecule has 2 aromatic rings. The molecule has 0 unspecified atom stereocenters. The van der Waals surface area contributed by atoms with Crippen molar-refractivity contribution in [1.29, 1.82) is 0 Å². The summed E-state index contributed by atoms with van der Waals surface area (Å²) in [4.78, 5) is 4.49. The average molecular weight is 314 g/mol. The first-order valence-electron chi connectivity index (χ1n) is 8.14. The molecule has 0 saturated carbocycles. The van der Waals surface area contributed by atoms with Crippen molar-refractivity contribution in [3.8, 4) is 0 Å². The molecule has 0 N–H and O–H groups in total. The minimum atomic E-state index is -0.437. The minimum Gasteiger partial charge on any atom is -0.328 e. The predicted octanol–water partition coefficient (Wildman–Crippen LogP) is 6.17. The first kappa shape index (κ1) is 18.9. The summed E-state index contributed by atoms with van der Waals surface area (Å²) >= 11 is 0. The summed E-state index contributed by atoms with van der Waals surface area (Å²) in [7, 11) is 0. The fraction of sp³-hybridized carbons (Fsp3) is 0.350. The molecule has 0 atom stereocenters. The van der Waals surface area contributed by atoms with Crippen LogP contribution in [0.25, 0.3) is 11.0 Å². The minimum absolute atomic E-state index is 0.437. The fourth-order valence-electron chi connectivity index (χ4n) is 2.36. The van der Waals surface area contributed by atoms with Crippen molar-refractivity contribution >= 4 is 11.0 Å². The van der Waals surface area contributed by atoms with E-state index < -0.39 is 5.83 Å². The van der Waals surface area contributed by atoms with Crippen LogP contribution >= 0.6 is 0 Å². The largest absolute Gasteiger partial charge is 0.328 e. The summed E-state index contributed by atoms with van der Waals surface area (Å²) in [5.41, 5.74) is 3.27. The molecule has 23 heavy (non-hydrogen) atoms. The predicted molar refractivity (Wildman–Crippen MR) is 98.3 cm³/mol. The van der Waals surface area contributed by atoms with Gasteiger partial charge < -0.3 is 4.57 Å². The lowest BCUT2D eigenvalue weighted by Crippen LogP contribution is -1.99. The molecule has 124 valence electrons. The molecule has 2 nitrogen and oxygen atoms in total. The van der Waals surface area contributed by atoms with Crippen molar-refractivity contribution in [3.05, 3.63) is 66.3 Å². The number of rotatable bonds is 5. The summed E-state index contributed by atoms with van der Waals surface area (Å²) in [5.74, 6) is 0.000811. The Morgan fingerprint density at radius 3 is 2.61 bits per heavy atom. The normalized spacial score (nSPS) is 11.9. The molecule has 0 aromatic carbocycles. The van der Waals surface area contributed by atoms with E-state index in [2.05, 4.69) is 42.2 Å². The van der Waals surface area contributed by atoms with Gasteiger partial charge in [-0.3, -0.25) is 0 Å². The van der Waals surface area contributed by atoms with E-state index in [0.717, 1.165) is 11.2 Å². The monoisotopic (exact) mass is 314 g/mol. The molecule has 0 fully saturated rings. The molecule has 0 bridgehead atoms. The standard InChI is InChI=1S/C18H21FN2.C2H6/c1-5-15(9-8-14(4)19)11-21-12-17(13(2)3)16-7-6-10-20-18(16)21;1-2/h5-10,12-13H,4,11H2,1-3H3;1-2H3/b9-8-,15-5+;. The van der Waals surface area contributed by atoms with Crippen LogP contribution in [-0.4, -0.2) is 9.55 Å². The Kier molecular flexibility index (Phi) is 7.46. The molecule has 3 heteroatoms. The molecular formula is C20H27FN2. The zero-order chi connectivity index (χ0) is 17.4. The van der Waals surface area contributed by atoms with Crippen molar-refractivity contribution in [1.82, 2.24) is 9.55 Å². The van der Waals surface area contributed by atoms with E-state index in [1.807, 2.05) is 32.9 Å². The molecule has 0 spiro atoms. The lowest BCUT2D eigenvalue weighted by atomic mass is 10.0. The highest BCUT2D eigenvalue weighted by atomic mass is 19.1. The van der Waals surface area contributed by atoms with Crippen LogP contribution in [0, 0.1) is 0 Å². The van der Waals surface area contributed by atoms with E-state index in [-0.39, 0.29) is 0 Å². The molecule has 0 amide bonds. The maximum atomic E-state index is 12.8. The Bertz CT molecular complexity index is 706. The zero-order valence-corrected chi connectivity index (χ0v) is 14.8. The van der Waals surface area contributed by atoms with Crippen molar-refractivity contribution in [2.24, 2.45) is 0 Å². The zero-order valence-electron chi connectivity index (χ0n) is 14.8. The molecule has 2 heterocycles. The number of aromatic nitrogens is 2. The summed E-state index contributed by atoms with van der Waals surface area (Å²) in [6.45, 7) is 14.2. The Labute approximate surface area is 139 Å². The SMILES string of the molecule is C=C(F)/C=C\C(=C/C)Cn1cc(C(C)C)c2cccnc21.CC. The van der Waals surface area contributed by atoms with Gasteiger partial charge in [-0.05, 0) is 42.2 Å². The lowest BCUT2D eigenvalue weighted by molar-refractivity contribution is 0.671. The Morgan fingerprint density at radius 1 is 1.35 bits per heavy atom. The van der Waals surface area contributed by atoms with Gasteiger partial charge in [0.2, 0.25) is 0 Å². The molecule has 2 aromatic heterocycles. The summed E-state index contributed by atoms with van der Waals surface area (Å²) in [5, 5.41) is 1.18. The van der Waals surface area contributed by atoms with E-state index >= 15 is 0 Å². The van der Waals surface area contributed by atoms with Gasteiger partial charge in [0.15, 0.2) is 0 Å².